The summed E-state index contributed by atoms with van der Waals surface area (Å²) < 4.78 is 18.1. The van der Waals surface area contributed by atoms with Crippen LogP contribution in [0.1, 0.15) is 35.3 Å². The number of ether oxygens (including phenoxy) is 1. The van der Waals surface area contributed by atoms with Crippen LogP contribution < -0.4 is 5.32 Å². The van der Waals surface area contributed by atoms with Gasteiger partial charge in [0.25, 0.3) is 0 Å². The van der Waals surface area contributed by atoms with Crippen molar-refractivity contribution in [1.82, 2.24) is 0 Å². The Kier molecular flexibility index (Phi) is 4.93. The Morgan fingerprint density at radius 3 is 2.67 bits per heavy atom. The van der Waals surface area contributed by atoms with Crippen LogP contribution in [-0.2, 0) is 4.74 Å². The molecule has 1 N–H and O–H groups in total. The minimum Gasteiger partial charge on any atom is -0.465 e. The third-order valence-electron chi connectivity index (χ3n) is 3.32. The first-order valence-electron chi connectivity index (χ1n) is 6.85. The molecule has 0 aliphatic carbocycles. The largest absolute Gasteiger partial charge is 0.465 e. The molecule has 0 saturated heterocycles. The number of anilines is 1. The summed E-state index contributed by atoms with van der Waals surface area (Å²) in [7, 11) is 1.35. The number of hydrogen-bond acceptors (Lipinski definition) is 3. The summed E-state index contributed by atoms with van der Waals surface area (Å²) in [5, 5.41) is 3.29. The molecule has 1 unspecified atom stereocenters. The van der Waals surface area contributed by atoms with E-state index in [-0.39, 0.29) is 11.9 Å². The topological polar surface area (TPSA) is 38.3 Å². The fourth-order valence-corrected chi connectivity index (χ4v) is 2.23. The summed E-state index contributed by atoms with van der Waals surface area (Å²) in [5.41, 5.74) is 1.99. The Morgan fingerprint density at radius 2 is 2.00 bits per heavy atom. The van der Waals surface area contributed by atoms with Crippen LogP contribution >= 0.6 is 0 Å². The number of para-hydroxylation sites is 1. The summed E-state index contributed by atoms with van der Waals surface area (Å²) in [6.45, 7) is 2.00. The van der Waals surface area contributed by atoms with Crippen molar-refractivity contribution >= 4 is 11.7 Å². The third kappa shape index (κ3) is 3.60. The van der Waals surface area contributed by atoms with E-state index in [0.29, 0.717) is 11.3 Å². The molecule has 1 atom stereocenters. The zero-order chi connectivity index (χ0) is 15.2. The number of carbonyl (C=O) groups excluding carboxylic acids is 1. The number of esters is 1. The molecule has 0 aliphatic heterocycles. The van der Waals surface area contributed by atoms with Crippen LogP contribution in [0.25, 0.3) is 0 Å². The van der Waals surface area contributed by atoms with Crippen molar-refractivity contribution in [2.24, 2.45) is 0 Å². The Hall–Kier alpha value is -2.36. The Bertz CT molecular complexity index is 628. The number of rotatable bonds is 5. The first-order chi connectivity index (χ1) is 10.2. The highest BCUT2D eigenvalue weighted by molar-refractivity contribution is 5.95. The van der Waals surface area contributed by atoms with Crippen molar-refractivity contribution in [3.05, 3.63) is 65.5 Å². The van der Waals surface area contributed by atoms with Gasteiger partial charge in [0.2, 0.25) is 0 Å². The Labute approximate surface area is 123 Å². The average molecular weight is 287 g/mol. The van der Waals surface area contributed by atoms with E-state index in [1.807, 2.05) is 25.1 Å². The van der Waals surface area contributed by atoms with Gasteiger partial charge in [-0.05, 0) is 36.2 Å². The van der Waals surface area contributed by atoms with Crippen LogP contribution in [0.5, 0.6) is 0 Å². The highest BCUT2D eigenvalue weighted by Crippen LogP contribution is 2.25. The molecule has 0 aliphatic rings. The maximum absolute atomic E-state index is 13.4. The van der Waals surface area contributed by atoms with E-state index < -0.39 is 5.97 Å². The molecule has 0 aromatic heterocycles. The molecule has 0 radical (unpaired) electrons. The van der Waals surface area contributed by atoms with Crippen LogP contribution in [0.15, 0.2) is 48.5 Å². The Balaban J connectivity index is 2.29. The van der Waals surface area contributed by atoms with E-state index in [0.717, 1.165) is 12.0 Å². The van der Waals surface area contributed by atoms with Gasteiger partial charge in [-0.2, -0.15) is 0 Å². The minimum atomic E-state index is -0.396. The van der Waals surface area contributed by atoms with Gasteiger partial charge in [-0.3, -0.25) is 0 Å². The summed E-state index contributed by atoms with van der Waals surface area (Å²) in [4.78, 5) is 11.8. The highest BCUT2D eigenvalue weighted by Gasteiger charge is 2.15. The number of benzene rings is 2. The second kappa shape index (κ2) is 6.88. The van der Waals surface area contributed by atoms with Crippen LogP contribution in [0.2, 0.25) is 0 Å². The van der Waals surface area contributed by atoms with Gasteiger partial charge >= 0.3 is 5.97 Å². The molecule has 2 aromatic rings. The third-order valence-corrected chi connectivity index (χ3v) is 3.32. The molecule has 2 aromatic carbocycles. The van der Waals surface area contributed by atoms with Crippen LogP contribution in [0.4, 0.5) is 10.1 Å². The fraction of sp³-hybridized carbons (Fsp3) is 0.235. The molecule has 0 amide bonds. The summed E-state index contributed by atoms with van der Waals surface area (Å²) >= 11 is 0. The zero-order valence-corrected chi connectivity index (χ0v) is 12.1. The molecule has 0 heterocycles. The molecule has 2 rings (SSSR count). The number of hydrogen-bond donors (Lipinski definition) is 1. The highest BCUT2D eigenvalue weighted by atomic mass is 19.1. The number of nitrogens with one attached hydrogen (secondary N) is 1. The first-order valence-corrected chi connectivity index (χ1v) is 6.85. The molecule has 4 heteroatoms. The smallest absolute Gasteiger partial charge is 0.339 e. The van der Waals surface area contributed by atoms with Gasteiger partial charge in [0.05, 0.1) is 18.7 Å². The SMILES string of the molecule is CCC(Nc1ccccc1C(=O)OC)c1cccc(F)c1. The monoisotopic (exact) mass is 287 g/mol. The summed E-state index contributed by atoms with van der Waals surface area (Å²) in [6.07, 6.45) is 0.763. The molecule has 110 valence electrons. The molecule has 0 fully saturated rings. The van der Waals surface area contributed by atoms with Crippen molar-refractivity contribution in [3.63, 3.8) is 0 Å². The van der Waals surface area contributed by atoms with E-state index in [9.17, 15) is 9.18 Å². The molecule has 0 saturated carbocycles. The average Bonchev–Trinajstić information content (AvgIpc) is 2.52. The van der Waals surface area contributed by atoms with Crippen molar-refractivity contribution < 1.29 is 13.9 Å². The van der Waals surface area contributed by atoms with Gasteiger partial charge in [0.15, 0.2) is 0 Å². The maximum Gasteiger partial charge on any atom is 0.339 e. The lowest BCUT2D eigenvalue weighted by molar-refractivity contribution is 0.0602. The van der Waals surface area contributed by atoms with E-state index in [2.05, 4.69) is 5.32 Å². The number of methoxy groups -OCH3 is 1. The number of carbonyl (C=O) groups is 1. The normalized spacial score (nSPS) is 11.8. The molecular formula is C17H18FNO2. The maximum atomic E-state index is 13.4. The molecular weight excluding hydrogens is 269 g/mol. The van der Waals surface area contributed by atoms with E-state index in [4.69, 9.17) is 4.74 Å². The first kappa shape index (κ1) is 15.0. The van der Waals surface area contributed by atoms with E-state index in [1.165, 1.54) is 19.2 Å². The van der Waals surface area contributed by atoms with E-state index >= 15 is 0 Å². The zero-order valence-electron chi connectivity index (χ0n) is 12.1. The van der Waals surface area contributed by atoms with Crippen LogP contribution in [0.3, 0.4) is 0 Å². The van der Waals surface area contributed by atoms with Crippen LogP contribution in [-0.4, -0.2) is 13.1 Å². The predicted molar refractivity (Wildman–Crippen MR) is 80.8 cm³/mol. The van der Waals surface area contributed by atoms with Crippen molar-refractivity contribution in [2.45, 2.75) is 19.4 Å². The lowest BCUT2D eigenvalue weighted by Gasteiger charge is -2.20. The van der Waals surface area contributed by atoms with Gasteiger partial charge in [-0.15, -0.1) is 0 Å². The standard InChI is InChI=1S/C17H18FNO2/c1-3-15(12-7-6-8-13(18)11-12)19-16-10-5-4-9-14(16)17(20)21-2/h4-11,15,19H,3H2,1-2H3. The van der Waals surface area contributed by atoms with Gasteiger partial charge in [-0.1, -0.05) is 31.2 Å². The van der Waals surface area contributed by atoms with Crippen LogP contribution in [0, 0.1) is 5.82 Å². The van der Waals surface area contributed by atoms with Gasteiger partial charge in [0, 0.05) is 5.69 Å². The summed E-state index contributed by atoms with van der Waals surface area (Å²) in [5.74, 6) is -0.666. The second-order valence-electron chi connectivity index (χ2n) is 4.70. The molecule has 21 heavy (non-hydrogen) atoms. The fourth-order valence-electron chi connectivity index (χ4n) is 2.23. The molecule has 0 bridgehead atoms. The van der Waals surface area contributed by atoms with Gasteiger partial charge in [-0.25, -0.2) is 9.18 Å². The van der Waals surface area contributed by atoms with Crippen molar-refractivity contribution in [2.75, 3.05) is 12.4 Å². The molecule has 3 nitrogen and oxygen atoms in total. The van der Waals surface area contributed by atoms with Crippen molar-refractivity contribution in [1.29, 1.82) is 0 Å². The lowest BCUT2D eigenvalue weighted by Crippen LogP contribution is -2.13. The minimum absolute atomic E-state index is 0.0773. The summed E-state index contributed by atoms with van der Waals surface area (Å²) in [6, 6.07) is 13.5. The lowest BCUT2D eigenvalue weighted by atomic mass is 10.0. The van der Waals surface area contributed by atoms with Gasteiger partial charge in [0.1, 0.15) is 5.82 Å². The second-order valence-corrected chi connectivity index (χ2v) is 4.70. The Morgan fingerprint density at radius 1 is 1.24 bits per heavy atom. The quantitative estimate of drug-likeness (QED) is 0.839. The molecule has 0 spiro atoms. The van der Waals surface area contributed by atoms with Crippen molar-refractivity contribution in [3.8, 4) is 0 Å². The predicted octanol–water partition coefficient (Wildman–Crippen LogP) is 4.18. The van der Waals surface area contributed by atoms with Gasteiger partial charge < -0.3 is 10.1 Å². The number of halogens is 1. The van der Waals surface area contributed by atoms with E-state index in [1.54, 1.807) is 18.2 Å².